The average Bonchev–Trinajstić information content (AvgIpc) is 3.26. The third-order valence-electron chi connectivity index (χ3n) is 6.00. The summed E-state index contributed by atoms with van der Waals surface area (Å²) in [5.41, 5.74) is 1.33. The Kier molecular flexibility index (Phi) is 6.02. The van der Waals surface area contributed by atoms with Crippen LogP contribution in [0.1, 0.15) is 0 Å². The summed E-state index contributed by atoms with van der Waals surface area (Å²) < 4.78 is 35.5. The lowest BCUT2D eigenvalue weighted by Gasteiger charge is -2.39. The van der Waals surface area contributed by atoms with Crippen molar-refractivity contribution < 1.29 is 17.9 Å². The van der Waals surface area contributed by atoms with Crippen LogP contribution in [0.25, 0.3) is 11.4 Å². The fourth-order valence-electron chi connectivity index (χ4n) is 4.24. The Bertz CT molecular complexity index is 1340. The molecule has 3 aromatic rings. The van der Waals surface area contributed by atoms with Crippen LogP contribution in [-0.2, 0) is 21.9 Å². The first kappa shape index (κ1) is 22.8. The summed E-state index contributed by atoms with van der Waals surface area (Å²) in [4.78, 5) is 19.2. The Balaban J connectivity index is 1.39. The van der Waals surface area contributed by atoms with E-state index in [9.17, 15) is 13.2 Å². The highest BCUT2D eigenvalue weighted by atomic mass is 35.5. The van der Waals surface area contributed by atoms with Crippen molar-refractivity contribution in [3.63, 3.8) is 0 Å². The lowest BCUT2D eigenvalue weighted by atomic mass is 10.1. The fraction of sp³-hybridized carbons (Fsp3) is 0.318. The maximum absolute atomic E-state index is 13.2. The number of ether oxygens (including phenoxy) is 1. The van der Waals surface area contributed by atoms with Crippen molar-refractivity contribution in [3.05, 3.63) is 53.8 Å². The number of piperazine rings is 1. The zero-order chi connectivity index (χ0) is 23.9. The smallest absolute Gasteiger partial charge is 0.243 e. The molecule has 0 radical (unpaired) electrons. The van der Waals surface area contributed by atoms with Crippen LogP contribution in [0.15, 0.2) is 53.7 Å². The van der Waals surface area contributed by atoms with Crippen LogP contribution >= 0.6 is 11.6 Å². The van der Waals surface area contributed by atoms with Crippen LogP contribution in [0, 0.1) is 0 Å². The quantitative estimate of drug-likeness (QED) is 0.582. The Morgan fingerprint density at radius 1 is 1.18 bits per heavy atom. The van der Waals surface area contributed by atoms with E-state index in [1.165, 1.54) is 22.8 Å². The molecule has 0 spiro atoms. The van der Waals surface area contributed by atoms with Crippen molar-refractivity contribution in [1.29, 1.82) is 0 Å². The molecule has 0 unspecified atom stereocenters. The average molecular weight is 503 g/mol. The van der Waals surface area contributed by atoms with Crippen molar-refractivity contribution in [1.82, 2.24) is 24.0 Å². The number of anilines is 1. The summed E-state index contributed by atoms with van der Waals surface area (Å²) >= 11 is 6.01. The molecule has 0 bridgehead atoms. The Morgan fingerprint density at radius 3 is 2.79 bits per heavy atom. The molecule has 1 atom stereocenters. The summed E-state index contributed by atoms with van der Waals surface area (Å²) in [5.74, 6) is 0.977. The minimum Gasteiger partial charge on any atom is -0.490 e. The molecule has 0 saturated carbocycles. The molecule has 2 aliphatic rings. The minimum atomic E-state index is -3.72. The van der Waals surface area contributed by atoms with Gasteiger partial charge in [-0.3, -0.25) is 9.69 Å². The number of sulfonamides is 1. The van der Waals surface area contributed by atoms with Crippen molar-refractivity contribution in [2.24, 2.45) is 7.05 Å². The molecule has 34 heavy (non-hydrogen) atoms. The number of nitrogens with one attached hydrogen (secondary N) is 1. The molecule has 2 aromatic carbocycles. The topological polar surface area (TPSA) is 110 Å². The SMILES string of the molecule is Cn1ncnc1-c1ccc2c(c1)NC(=O)CN1CCN(S(=O)(=O)c3cccc(Cl)c3)C[C@@H]1CO2. The highest BCUT2D eigenvalue weighted by molar-refractivity contribution is 7.89. The van der Waals surface area contributed by atoms with Gasteiger partial charge in [0, 0.05) is 37.3 Å². The number of aryl methyl sites for hydroxylation is 1. The molecule has 3 heterocycles. The van der Waals surface area contributed by atoms with Crippen molar-refractivity contribution in [2.45, 2.75) is 10.9 Å². The Labute approximate surface area is 202 Å². The molecule has 1 aromatic heterocycles. The molecule has 12 heteroatoms. The number of carbonyl (C=O) groups excluding carboxylic acids is 1. The first-order chi connectivity index (χ1) is 16.3. The van der Waals surface area contributed by atoms with Gasteiger partial charge in [0.15, 0.2) is 5.82 Å². The standard InChI is InChI=1S/C22H23ClN6O4S/c1-27-22(24-14-25-27)15-5-6-20-19(9-15)26-21(30)12-28-7-8-29(11-17(28)13-33-20)34(31,32)18-4-2-3-16(23)10-18/h2-6,9-10,14,17H,7-8,11-13H2,1H3,(H,26,30)/t17-/m1/s1. The summed E-state index contributed by atoms with van der Waals surface area (Å²) in [6.07, 6.45) is 1.47. The van der Waals surface area contributed by atoms with Gasteiger partial charge in [-0.05, 0) is 36.4 Å². The van der Waals surface area contributed by atoms with Crippen LogP contribution in [0.2, 0.25) is 5.02 Å². The van der Waals surface area contributed by atoms with Gasteiger partial charge in [0.05, 0.1) is 23.2 Å². The molecule has 178 valence electrons. The maximum atomic E-state index is 13.2. The number of nitrogens with zero attached hydrogens (tertiary/aromatic N) is 5. The van der Waals surface area contributed by atoms with Gasteiger partial charge in [-0.15, -0.1) is 0 Å². The number of carbonyl (C=O) groups is 1. The van der Waals surface area contributed by atoms with Gasteiger partial charge >= 0.3 is 0 Å². The number of benzene rings is 2. The minimum absolute atomic E-state index is 0.132. The van der Waals surface area contributed by atoms with Gasteiger partial charge < -0.3 is 10.1 Å². The first-order valence-electron chi connectivity index (χ1n) is 10.7. The van der Waals surface area contributed by atoms with Crippen LogP contribution in [0.4, 0.5) is 5.69 Å². The van der Waals surface area contributed by atoms with Crippen molar-refractivity contribution in [3.8, 4) is 17.1 Å². The summed E-state index contributed by atoms with van der Waals surface area (Å²) in [7, 11) is -1.93. The number of amides is 1. The monoisotopic (exact) mass is 502 g/mol. The van der Waals surface area contributed by atoms with Crippen LogP contribution < -0.4 is 10.1 Å². The molecule has 10 nitrogen and oxygen atoms in total. The zero-order valence-corrected chi connectivity index (χ0v) is 20.0. The van der Waals surface area contributed by atoms with E-state index in [0.717, 1.165) is 5.56 Å². The van der Waals surface area contributed by atoms with Crippen LogP contribution in [-0.4, -0.2) is 77.1 Å². The molecule has 2 aliphatic heterocycles. The number of rotatable bonds is 3. The molecular formula is C22H23ClN6O4S. The van der Waals surface area contributed by atoms with Gasteiger partial charge in [0.2, 0.25) is 15.9 Å². The number of hydrogen-bond donors (Lipinski definition) is 1. The number of aromatic nitrogens is 3. The predicted octanol–water partition coefficient (Wildman–Crippen LogP) is 1.84. The number of fused-ring (bicyclic) bond motifs is 2. The van der Waals surface area contributed by atoms with E-state index >= 15 is 0 Å². The van der Waals surface area contributed by atoms with Gasteiger partial charge in [-0.2, -0.15) is 9.40 Å². The molecule has 1 amide bonds. The fourth-order valence-corrected chi connectivity index (χ4v) is 6.01. The third-order valence-corrected chi connectivity index (χ3v) is 8.10. The third kappa shape index (κ3) is 4.39. The van der Waals surface area contributed by atoms with Gasteiger partial charge in [-0.25, -0.2) is 18.1 Å². The largest absolute Gasteiger partial charge is 0.490 e. The normalized spacial score (nSPS) is 19.7. The zero-order valence-electron chi connectivity index (χ0n) is 18.4. The van der Waals surface area contributed by atoms with Crippen molar-refractivity contribution >= 4 is 33.2 Å². The molecule has 1 N–H and O–H groups in total. The van der Waals surface area contributed by atoms with Gasteiger partial charge in [-0.1, -0.05) is 17.7 Å². The highest BCUT2D eigenvalue weighted by Gasteiger charge is 2.36. The van der Waals surface area contributed by atoms with Gasteiger partial charge in [0.1, 0.15) is 18.7 Å². The van der Waals surface area contributed by atoms with E-state index in [1.54, 1.807) is 36.0 Å². The van der Waals surface area contributed by atoms with E-state index in [4.69, 9.17) is 16.3 Å². The number of halogens is 1. The highest BCUT2D eigenvalue weighted by Crippen LogP contribution is 2.32. The summed E-state index contributed by atoms with van der Waals surface area (Å²) in [6.45, 7) is 1.23. The molecule has 1 fully saturated rings. The van der Waals surface area contributed by atoms with Crippen LogP contribution in [0.3, 0.4) is 0 Å². The molecule has 5 rings (SSSR count). The second kappa shape index (κ2) is 8.99. The molecule has 0 aliphatic carbocycles. The lowest BCUT2D eigenvalue weighted by Crippen LogP contribution is -2.57. The Hall–Kier alpha value is -2.99. The first-order valence-corrected chi connectivity index (χ1v) is 12.5. The van der Waals surface area contributed by atoms with E-state index < -0.39 is 10.0 Å². The molecule has 1 saturated heterocycles. The van der Waals surface area contributed by atoms with E-state index in [0.29, 0.717) is 28.8 Å². The van der Waals surface area contributed by atoms with Gasteiger partial charge in [0.25, 0.3) is 0 Å². The predicted molar refractivity (Wildman–Crippen MR) is 126 cm³/mol. The molecular weight excluding hydrogens is 480 g/mol. The van der Waals surface area contributed by atoms with Crippen LogP contribution in [0.5, 0.6) is 5.75 Å². The van der Waals surface area contributed by atoms with E-state index in [-0.39, 0.29) is 43.1 Å². The second-order valence-corrected chi connectivity index (χ2v) is 10.6. The van der Waals surface area contributed by atoms with E-state index in [1.807, 2.05) is 11.0 Å². The second-order valence-electron chi connectivity index (χ2n) is 8.22. The van der Waals surface area contributed by atoms with E-state index in [2.05, 4.69) is 15.4 Å². The Morgan fingerprint density at radius 2 is 2.03 bits per heavy atom. The van der Waals surface area contributed by atoms with Crippen molar-refractivity contribution in [2.75, 3.05) is 38.1 Å². The summed E-state index contributed by atoms with van der Waals surface area (Å²) in [5, 5.41) is 7.37. The summed E-state index contributed by atoms with van der Waals surface area (Å²) in [6, 6.07) is 11.4. The maximum Gasteiger partial charge on any atom is 0.243 e. The number of hydrogen-bond acceptors (Lipinski definition) is 7. The lowest BCUT2D eigenvalue weighted by molar-refractivity contribution is -0.118.